The number of esters is 1. The second-order valence-electron chi connectivity index (χ2n) is 5.12. The number of carbonyl (C=O) groups is 1. The molecule has 1 aliphatic heterocycles. The maximum Gasteiger partial charge on any atom is 0.342 e. The third kappa shape index (κ3) is 2.05. The molecule has 1 unspecified atom stereocenters. The molecule has 0 saturated carbocycles. The van der Waals surface area contributed by atoms with Crippen molar-refractivity contribution in [2.24, 2.45) is 0 Å². The van der Waals surface area contributed by atoms with Crippen molar-refractivity contribution in [3.05, 3.63) is 41.5 Å². The Hall–Kier alpha value is -2.43. The van der Waals surface area contributed by atoms with E-state index in [0.717, 1.165) is 0 Å². The molecule has 21 heavy (non-hydrogen) atoms. The van der Waals surface area contributed by atoms with Crippen molar-refractivity contribution in [3.8, 4) is 11.5 Å². The second-order valence-corrected chi connectivity index (χ2v) is 5.12. The minimum absolute atomic E-state index is 0.0814. The molecular formula is C16H13BO4. The van der Waals surface area contributed by atoms with Crippen molar-refractivity contribution in [2.75, 3.05) is 7.11 Å². The van der Waals surface area contributed by atoms with E-state index in [4.69, 9.17) is 17.3 Å². The van der Waals surface area contributed by atoms with Gasteiger partial charge in [-0.15, -0.1) is 0 Å². The molecule has 0 fully saturated rings. The first-order chi connectivity index (χ1) is 9.94. The van der Waals surface area contributed by atoms with Gasteiger partial charge in [0.1, 0.15) is 24.9 Å². The average Bonchev–Trinajstić information content (AvgIpc) is 2.47. The molecule has 1 atom stereocenters. The summed E-state index contributed by atoms with van der Waals surface area (Å²) < 4.78 is 10.6. The zero-order chi connectivity index (χ0) is 15.2. The summed E-state index contributed by atoms with van der Waals surface area (Å²) in [5.41, 5.74) is -0.418. The monoisotopic (exact) mass is 280 g/mol. The Bertz CT molecular complexity index is 777. The molecule has 0 aliphatic carbocycles. The standard InChI is InChI=1S/C16H13BO4/c1-16(17)8-7-11-12(15(19)20-2)13(18)9-5-3-4-6-10(9)14(11)21-16/h3-8,18H,1-2H3. The van der Waals surface area contributed by atoms with Gasteiger partial charge in [0, 0.05) is 16.3 Å². The number of ether oxygens (including phenoxy) is 2. The van der Waals surface area contributed by atoms with Gasteiger partial charge in [-0.05, 0) is 6.92 Å². The summed E-state index contributed by atoms with van der Waals surface area (Å²) in [7, 11) is 7.26. The Morgan fingerprint density at radius 2 is 2.00 bits per heavy atom. The zero-order valence-electron chi connectivity index (χ0n) is 11.7. The number of benzene rings is 2. The fraction of sp³-hybridized carbons (Fsp3) is 0.188. The first-order valence-electron chi connectivity index (χ1n) is 6.48. The van der Waals surface area contributed by atoms with Gasteiger partial charge >= 0.3 is 5.97 Å². The summed E-state index contributed by atoms with van der Waals surface area (Å²) in [6.45, 7) is 1.71. The van der Waals surface area contributed by atoms with E-state index in [1.807, 2.05) is 12.1 Å². The van der Waals surface area contributed by atoms with Gasteiger partial charge in [-0.25, -0.2) is 4.79 Å². The fourth-order valence-electron chi connectivity index (χ4n) is 2.49. The van der Waals surface area contributed by atoms with E-state index in [-0.39, 0.29) is 11.3 Å². The molecule has 1 aliphatic rings. The lowest BCUT2D eigenvalue weighted by Crippen LogP contribution is -2.32. The number of hydrogen-bond acceptors (Lipinski definition) is 4. The molecule has 1 N–H and O–H groups in total. The Morgan fingerprint density at radius 1 is 1.33 bits per heavy atom. The smallest absolute Gasteiger partial charge is 0.342 e. The summed E-state index contributed by atoms with van der Waals surface area (Å²) in [6, 6.07) is 7.13. The molecule has 0 aromatic heterocycles. The van der Waals surface area contributed by atoms with Crippen LogP contribution in [0.2, 0.25) is 0 Å². The van der Waals surface area contributed by atoms with Crippen molar-refractivity contribution in [2.45, 2.75) is 12.4 Å². The molecule has 0 bridgehead atoms. The van der Waals surface area contributed by atoms with Crippen LogP contribution in [0, 0.1) is 0 Å². The summed E-state index contributed by atoms with van der Waals surface area (Å²) in [6.07, 6.45) is 3.31. The van der Waals surface area contributed by atoms with Crippen LogP contribution in [0.1, 0.15) is 22.8 Å². The van der Waals surface area contributed by atoms with Gasteiger partial charge < -0.3 is 14.6 Å². The van der Waals surface area contributed by atoms with Crippen LogP contribution >= 0.6 is 0 Å². The van der Waals surface area contributed by atoms with E-state index in [2.05, 4.69) is 0 Å². The number of aromatic hydroxyl groups is 1. The van der Waals surface area contributed by atoms with Gasteiger partial charge in [0.05, 0.1) is 12.6 Å². The van der Waals surface area contributed by atoms with Gasteiger partial charge in [-0.1, -0.05) is 36.4 Å². The Balaban J connectivity index is 2.43. The quantitative estimate of drug-likeness (QED) is 0.644. The van der Waals surface area contributed by atoms with E-state index in [9.17, 15) is 9.90 Å². The van der Waals surface area contributed by atoms with Gasteiger partial charge in [0.15, 0.2) is 0 Å². The minimum atomic E-state index is -0.972. The summed E-state index contributed by atoms with van der Waals surface area (Å²) in [4.78, 5) is 12.0. The molecule has 2 aromatic carbocycles. The van der Waals surface area contributed by atoms with Crippen LogP contribution < -0.4 is 4.74 Å². The number of methoxy groups -OCH3 is 1. The van der Waals surface area contributed by atoms with Crippen LogP contribution in [0.5, 0.6) is 11.5 Å². The van der Waals surface area contributed by atoms with Gasteiger partial charge in [-0.3, -0.25) is 0 Å². The number of phenols is 1. The Kier molecular flexibility index (Phi) is 2.94. The molecule has 4 nitrogen and oxygen atoms in total. The third-order valence-electron chi connectivity index (χ3n) is 3.47. The van der Waals surface area contributed by atoms with Gasteiger partial charge in [0.2, 0.25) is 0 Å². The number of carbonyl (C=O) groups excluding carboxylic acids is 1. The number of phenolic OH excluding ortho intramolecular Hbond substituents is 1. The molecule has 0 spiro atoms. The van der Waals surface area contributed by atoms with Crippen molar-refractivity contribution in [3.63, 3.8) is 0 Å². The molecule has 0 saturated heterocycles. The highest BCUT2D eigenvalue weighted by atomic mass is 16.5. The van der Waals surface area contributed by atoms with Crippen LogP contribution in [0.4, 0.5) is 0 Å². The van der Waals surface area contributed by atoms with E-state index in [0.29, 0.717) is 22.1 Å². The lowest BCUT2D eigenvalue weighted by Gasteiger charge is -2.30. The maximum atomic E-state index is 12.0. The minimum Gasteiger partial charge on any atom is -0.506 e. The summed E-state index contributed by atoms with van der Waals surface area (Å²) >= 11 is 0. The largest absolute Gasteiger partial charge is 0.506 e. The van der Waals surface area contributed by atoms with Crippen LogP contribution in [-0.4, -0.2) is 31.5 Å². The third-order valence-corrected chi connectivity index (χ3v) is 3.47. The lowest BCUT2D eigenvalue weighted by molar-refractivity contribution is 0.0596. The predicted octanol–water partition coefficient (Wildman–Crippen LogP) is 2.62. The summed E-state index contributed by atoms with van der Waals surface area (Å²) in [5, 5.41) is 11.6. The Labute approximate surface area is 123 Å². The molecule has 2 aromatic rings. The van der Waals surface area contributed by atoms with E-state index in [1.165, 1.54) is 7.11 Å². The molecule has 2 radical (unpaired) electrons. The van der Waals surface area contributed by atoms with Crippen LogP contribution in [-0.2, 0) is 4.74 Å². The molecule has 5 heteroatoms. The normalized spacial score (nSPS) is 19.9. The molecule has 104 valence electrons. The predicted molar refractivity (Wildman–Crippen MR) is 80.8 cm³/mol. The van der Waals surface area contributed by atoms with E-state index < -0.39 is 11.5 Å². The van der Waals surface area contributed by atoms with Gasteiger partial charge in [-0.2, -0.15) is 0 Å². The molecule has 3 rings (SSSR count). The van der Waals surface area contributed by atoms with Crippen molar-refractivity contribution < 1.29 is 19.4 Å². The first-order valence-corrected chi connectivity index (χ1v) is 6.48. The van der Waals surface area contributed by atoms with Crippen molar-refractivity contribution in [1.82, 2.24) is 0 Å². The highest BCUT2D eigenvalue weighted by Gasteiger charge is 2.30. The molecule has 0 amide bonds. The lowest BCUT2D eigenvalue weighted by atomic mass is 9.80. The zero-order valence-corrected chi connectivity index (χ0v) is 11.7. The second kappa shape index (κ2) is 4.55. The van der Waals surface area contributed by atoms with Crippen LogP contribution in [0.25, 0.3) is 16.8 Å². The Morgan fingerprint density at radius 3 is 2.67 bits per heavy atom. The van der Waals surface area contributed by atoms with E-state index in [1.54, 1.807) is 31.2 Å². The highest BCUT2D eigenvalue weighted by molar-refractivity contribution is 6.17. The molecule has 1 heterocycles. The average molecular weight is 280 g/mol. The highest BCUT2D eigenvalue weighted by Crippen LogP contribution is 2.44. The van der Waals surface area contributed by atoms with Crippen LogP contribution in [0.3, 0.4) is 0 Å². The van der Waals surface area contributed by atoms with Crippen molar-refractivity contribution >= 4 is 30.7 Å². The first kappa shape index (κ1) is 13.6. The van der Waals surface area contributed by atoms with Crippen LogP contribution in [0.15, 0.2) is 30.3 Å². The fourth-order valence-corrected chi connectivity index (χ4v) is 2.49. The topological polar surface area (TPSA) is 55.8 Å². The maximum absolute atomic E-state index is 12.0. The van der Waals surface area contributed by atoms with E-state index >= 15 is 0 Å². The SMILES string of the molecule is [B]C1(C)C=Cc2c(C(=O)OC)c(O)c3ccccc3c2O1. The number of fused-ring (bicyclic) bond motifs is 3. The molecular weight excluding hydrogens is 267 g/mol. The van der Waals surface area contributed by atoms with Gasteiger partial charge in [0.25, 0.3) is 0 Å². The number of hydrogen-bond donors (Lipinski definition) is 1. The van der Waals surface area contributed by atoms with Crippen molar-refractivity contribution in [1.29, 1.82) is 0 Å². The number of rotatable bonds is 1. The summed E-state index contributed by atoms with van der Waals surface area (Å²) in [5.74, 6) is -0.273.